The number of aliphatic carboxylic acids is 1. The Hall–Kier alpha value is -2.38. The molecule has 25 heavy (non-hydrogen) atoms. The monoisotopic (exact) mass is 374 g/mol. The van der Waals surface area contributed by atoms with Crippen LogP contribution in [0.1, 0.15) is 11.3 Å². The maximum atomic E-state index is 11.0. The number of carboxylic acids is 1. The van der Waals surface area contributed by atoms with Gasteiger partial charge in [0.2, 0.25) is 0 Å². The number of aromatic nitrogens is 1. The average Bonchev–Trinajstić information content (AvgIpc) is 3.30. The maximum absolute atomic E-state index is 11.0. The van der Waals surface area contributed by atoms with Gasteiger partial charge in [0.25, 0.3) is 0 Å². The fourth-order valence-corrected chi connectivity index (χ4v) is 3.97. The molecule has 0 spiro atoms. The molecule has 0 fully saturated rings. The van der Waals surface area contributed by atoms with Crippen molar-refractivity contribution >= 4 is 33.8 Å². The molecule has 0 bridgehead atoms. The number of thiophene rings is 1. The maximum Gasteiger partial charge on any atom is 0.305 e. The van der Waals surface area contributed by atoms with Gasteiger partial charge in [-0.15, -0.1) is 22.7 Å². The number of rotatable bonds is 8. The Morgan fingerprint density at radius 3 is 2.88 bits per heavy atom. The Morgan fingerprint density at radius 2 is 2.16 bits per heavy atom. The summed E-state index contributed by atoms with van der Waals surface area (Å²) in [5.74, 6) is -0.0193. The summed E-state index contributed by atoms with van der Waals surface area (Å²) >= 11 is 3.18. The first-order valence-corrected chi connectivity index (χ1v) is 9.50. The van der Waals surface area contributed by atoms with Crippen LogP contribution in [0, 0.1) is 0 Å². The zero-order valence-electron chi connectivity index (χ0n) is 13.7. The van der Waals surface area contributed by atoms with Crippen molar-refractivity contribution in [3.63, 3.8) is 0 Å². The average molecular weight is 374 g/mol. The molecule has 2 heterocycles. The molecule has 0 atom stereocenters. The lowest BCUT2D eigenvalue weighted by molar-refractivity contribution is -0.136. The molecule has 1 aromatic carbocycles. The molecule has 0 amide bonds. The van der Waals surface area contributed by atoms with Crippen LogP contribution in [0.3, 0.4) is 0 Å². The summed E-state index contributed by atoms with van der Waals surface area (Å²) in [5, 5.41) is 13.9. The van der Waals surface area contributed by atoms with E-state index in [4.69, 9.17) is 14.8 Å². The second-order valence-electron chi connectivity index (χ2n) is 5.39. The molecule has 0 unspecified atom stereocenters. The van der Waals surface area contributed by atoms with Gasteiger partial charge in [-0.1, -0.05) is 18.2 Å². The van der Waals surface area contributed by atoms with E-state index >= 15 is 0 Å². The van der Waals surface area contributed by atoms with Crippen molar-refractivity contribution in [3.8, 4) is 17.0 Å². The molecule has 130 valence electrons. The molecule has 2 aromatic heterocycles. The summed E-state index contributed by atoms with van der Waals surface area (Å²) in [6.45, 7) is 1.09. The van der Waals surface area contributed by atoms with Crippen LogP contribution in [0.2, 0.25) is 0 Å². The van der Waals surface area contributed by atoms with E-state index in [-0.39, 0.29) is 6.42 Å². The van der Waals surface area contributed by atoms with E-state index in [9.17, 15) is 4.79 Å². The molecular formula is C18H18N2O3S2. The lowest BCUT2D eigenvalue weighted by Gasteiger charge is -2.20. The third kappa shape index (κ3) is 4.58. The lowest BCUT2D eigenvalue weighted by atomic mass is 10.2. The largest absolute Gasteiger partial charge is 0.497 e. The van der Waals surface area contributed by atoms with Gasteiger partial charge >= 0.3 is 5.97 Å². The number of nitrogens with zero attached hydrogens (tertiary/aromatic N) is 2. The van der Waals surface area contributed by atoms with Crippen LogP contribution < -0.4 is 9.64 Å². The number of ether oxygens (including phenoxy) is 1. The highest BCUT2D eigenvalue weighted by Gasteiger charge is 2.15. The number of carbonyl (C=O) groups is 1. The summed E-state index contributed by atoms with van der Waals surface area (Å²) in [7, 11) is 1.64. The fraction of sp³-hybridized carbons (Fsp3) is 0.222. The first-order valence-electron chi connectivity index (χ1n) is 7.75. The van der Waals surface area contributed by atoms with Crippen molar-refractivity contribution in [2.75, 3.05) is 18.6 Å². The molecule has 1 N–H and O–H groups in total. The van der Waals surface area contributed by atoms with Crippen molar-refractivity contribution in [2.45, 2.75) is 13.0 Å². The van der Waals surface area contributed by atoms with Crippen molar-refractivity contribution in [1.29, 1.82) is 0 Å². The van der Waals surface area contributed by atoms with Gasteiger partial charge in [0.15, 0.2) is 5.13 Å². The minimum absolute atomic E-state index is 0.0828. The summed E-state index contributed by atoms with van der Waals surface area (Å²) in [5.41, 5.74) is 1.85. The first-order chi connectivity index (χ1) is 12.2. The van der Waals surface area contributed by atoms with Crippen molar-refractivity contribution in [2.24, 2.45) is 0 Å². The highest BCUT2D eigenvalue weighted by molar-refractivity contribution is 7.14. The summed E-state index contributed by atoms with van der Waals surface area (Å²) in [6, 6.07) is 11.8. The van der Waals surface area contributed by atoms with E-state index < -0.39 is 5.97 Å². The van der Waals surface area contributed by atoms with Gasteiger partial charge in [0.05, 0.1) is 25.8 Å². The van der Waals surface area contributed by atoms with Gasteiger partial charge in [-0.3, -0.25) is 4.79 Å². The van der Waals surface area contributed by atoms with Crippen LogP contribution in [0.15, 0.2) is 47.2 Å². The molecule has 0 radical (unpaired) electrons. The molecular weight excluding hydrogens is 356 g/mol. The Labute approximate surface area is 154 Å². The number of methoxy groups -OCH3 is 1. The van der Waals surface area contributed by atoms with Gasteiger partial charge in [-0.2, -0.15) is 0 Å². The van der Waals surface area contributed by atoms with Crippen molar-refractivity contribution < 1.29 is 14.6 Å². The SMILES string of the molecule is COc1cccc(-c2csc(N(CCC(=O)O)Cc3cccs3)n2)c1. The van der Waals surface area contributed by atoms with Crippen LogP contribution in [0.5, 0.6) is 5.75 Å². The van der Waals surface area contributed by atoms with E-state index in [0.29, 0.717) is 13.1 Å². The van der Waals surface area contributed by atoms with Crippen LogP contribution in [-0.2, 0) is 11.3 Å². The lowest BCUT2D eigenvalue weighted by Crippen LogP contribution is -2.25. The summed E-state index contributed by atoms with van der Waals surface area (Å²) in [6.07, 6.45) is 0.0828. The highest BCUT2D eigenvalue weighted by Crippen LogP contribution is 2.30. The van der Waals surface area contributed by atoms with E-state index in [2.05, 4.69) is 6.07 Å². The van der Waals surface area contributed by atoms with E-state index in [1.807, 2.05) is 46.0 Å². The third-order valence-corrected chi connectivity index (χ3v) is 5.41. The number of hydrogen-bond donors (Lipinski definition) is 1. The zero-order valence-corrected chi connectivity index (χ0v) is 15.3. The quantitative estimate of drug-likeness (QED) is 0.635. The Morgan fingerprint density at radius 1 is 1.28 bits per heavy atom. The second kappa shape index (κ2) is 8.13. The Bertz CT molecular complexity index is 830. The molecule has 3 aromatic rings. The second-order valence-corrected chi connectivity index (χ2v) is 7.26. The van der Waals surface area contributed by atoms with Crippen LogP contribution >= 0.6 is 22.7 Å². The van der Waals surface area contributed by atoms with Gasteiger partial charge in [0.1, 0.15) is 5.75 Å². The molecule has 0 saturated heterocycles. The summed E-state index contributed by atoms with van der Waals surface area (Å²) < 4.78 is 5.27. The minimum atomic E-state index is -0.805. The van der Waals surface area contributed by atoms with Gasteiger partial charge in [-0.25, -0.2) is 4.98 Å². The molecule has 5 nitrogen and oxygen atoms in total. The molecule has 0 aliphatic carbocycles. The number of hydrogen-bond acceptors (Lipinski definition) is 6. The van der Waals surface area contributed by atoms with Crippen molar-refractivity contribution in [1.82, 2.24) is 4.98 Å². The highest BCUT2D eigenvalue weighted by atomic mass is 32.1. The molecule has 0 aliphatic heterocycles. The first kappa shape index (κ1) is 17.4. The smallest absolute Gasteiger partial charge is 0.305 e. The number of carboxylic acid groups (broad SMARTS) is 1. The minimum Gasteiger partial charge on any atom is -0.497 e. The fourth-order valence-electron chi connectivity index (χ4n) is 2.39. The van der Waals surface area contributed by atoms with E-state index in [1.165, 1.54) is 16.2 Å². The summed E-state index contributed by atoms with van der Waals surface area (Å²) in [4.78, 5) is 18.9. The van der Waals surface area contributed by atoms with Crippen LogP contribution in [0.25, 0.3) is 11.3 Å². The predicted molar refractivity (Wildman–Crippen MR) is 102 cm³/mol. The number of thiazole rings is 1. The van der Waals surface area contributed by atoms with Crippen LogP contribution in [-0.4, -0.2) is 29.7 Å². The zero-order chi connectivity index (χ0) is 17.6. The predicted octanol–water partition coefficient (Wildman–Crippen LogP) is 4.36. The molecule has 0 saturated carbocycles. The van der Waals surface area contributed by atoms with E-state index in [1.54, 1.807) is 18.4 Å². The van der Waals surface area contributed by atoms with Gasteiger partial charge < -0.3 is 14.7 Å². The molecule has 0 aliphatic rings. The Kier molecular flexibility index (Phi) is 5.67. The topological polar surface area (TPSA) is 62.7 Å². The van der Waals surface area contributed by atoms with E-state index in [0.717, 1.165) is 22.1 Å². The van der Waals surface area contributed by atoms with Crippen LogP contribution in [0.4, 0.5) is 5.13 Å². The Balaban J connectivity index is 1.83. The molecule has 7 heteroatoms. The third-order valence-electron chi connectivity index (χ3n) is 3.65. The van der Waals surface area contributed by atoms with Crippen molar-refractivity contribution in [3.05, 3.63) is 52.0 Å². The van der Waals surface area contributed by atoms with Gasteiger partial charge in [-0.05, 0) is 23.6 Å². The number of anilines is 1. The van der Waals surface area contributed by atoms with Gasteiger partial charge in [0, 0.05) is 22.4 Å². The standard InChI is InChI=1S/C18H18N2O3S2/c1-23-14-5-2-4-13(10-14)16-12-25-18(19-16)20(8-7-17(21)22)11-15-6-3-9-24-15/h2-6,9-10,12H,7-8,11H2,1H3,(H,21,22). The normalized spacial score (nSPS) is 10.6. The number of benzene rings is 1. The molecule has 3 rings (SSSR count).